The van der Waals surface area contributed by atoms with E-state index in [0.29, 0.717) is 5.69 Å². The molecule has 0 aliphatic carbocycles. The molecule has 3 rings (SSSR count). The van der Waals surface area contributed by atoms with Gasteiger partial charge in [0.15, 0.2) is 0 Å². The highest BCUT2D eigenvalue weighted by Crippen LogP contribution is 2.20. The first-order valence-corrected chi connectivity index (χ1v) is 8.28. The predicted octanol–water partition coefficient (Wildman–Crippen LogP) is 3.21. The molecule has 2 aromatic heterocycles. The fourth-order valence-corrected chi connectivity index (χ4v) is 2.88. The molecule has 2 heterocycles. The predicted molar refractivity (Wildman–Crippen MR) is 101 cm³/mol. The Morgan fingerprint density at radius 1 is 1.16 bits per heavy atom. The molecule has 0 atom stereocenters. The van der Waals surface area contributed by atoms with Crippen LogP contribution in [-0.4, -0.2) is 25.7 Å². The lowest BCUT2D eigenvalue weighted by Crippen LogP contribution is -2.22. The minimum Gasteiger partial charge on any atom is -0.318 e. The van der Waals surface area contributed by atoms with E-state index in [2.05, 4.69) is 51.1 Å². The van der Waals surface area contributed by atoms with E-state index in [9.17, 15) is 4.79 Å². The zero-order valence-electron chi connectivity index (χ0n) is 14.6. The number of H-pyrrole nitrogens is 1. The molecule has 0 radical (unpaired) electrons. The summed E-state index contributed by atoms with van der Waals surface area (Å²) in [7, 11) is 0. The zero-order chi connectivity index (χ0) is 18.1. The van der Waals surface area contributed by atoms with Crippen molar-refractivity contribution in [3.8, 4) is 5.69 Å². The average Bonchev–Trinajstić information content (AvgIpc) is 2.86. The van der Waals surface area contributed by atoms with Crippen molar-refractivity contribution in [1.82, 2.24) is 19.4 Å². The Kier molecular flexibility index (Phi) is 4.50. The Hall–Kier alpha value is -2.80. The maximum atomic E-state index is 12.1. The maximum absolute atomic E-state index is 12.1. The van der Waals surface area contributed by atoms with E-state index in [1.165, 1.54) is 5.56 Å². The molecular formula is C18H19N5OS. The summed E-state index contributed by atoms with van der Waals surface area (Å²) in [4.78, 5) is 12.1. The number of rotatable bonds is 3. The number of hydrogen-bond acceptors (Lipinski definition) is 4. The van der Waals surface area contributed by atoms with E-state index in [4.69, 9.17) is 12.2 Å². The minimum atomic E-state index is -0.327. The lowest BCUT2D eigenvalue weighted by atomic mass is 10.2. The van der Waals surface area contributed by atoms with Gasteiger partial charge in [-0.15, -0.1) is 0 Å². The van der Waals surface area contributed by atoms with E-state index in [1.807, 2.05) is 19.9 Å². The van der Waals surface area contributed by atoms with Gasteiger partial charge in [0.25, 0.3) is 5.56 Å². The number of hydrogen-bond donors (Lipinski definition) is 1. The molecule has 0 bridgehead atoms. The van der Waals surface area contributed by atoms with Crippen LogP contribution in [0, 0.1) is 32.5 Å². The second-order valence-electron chi connectivity index (χ2n) is 5.97. The third-order valence-corrected chi connectivity index (χ3v) is 4.35. The van der Waals surface area contributed by atoms with Gasteiger partial charge < -0.3 is 4.57 Å². The van der Waals surface area contributed by atoms with Crippen molar-refractivity contribution >= 4 is 18.4 Å². The van der Waals surface area contributed by atoms with Gasteiger partial charge in [0.1, 0.15) is 5.69 Å². The Labute approximate surface area is 150 Å². The highest BCUT2D eigenvalue weighted by atomic mass is 32.1. The smallest absolute Gasteiger partial charge is 0.296 e. The topological polar surface area (TPSA) is 68.0 Å². The van der Waals surface area contributed by atoms with Crippen molar-refractivity contribution in [3.63, 3.8) is 0 Å². The molecule has 1 aromatic carbocycles. The molecule has 25 heavy (non-hydrogen) atoms. The van der Waals surface area contributed by atoms with Crippen molar-refractivity contribution in [2.24, 2.45) is 5.10 Å². The molecule has 0 amide bonds. The minimum absolute atomic E-state index is 0.166. The van der Waals surface area contributed by atoms with Gasteiger partial charge >= 0.3 is 0 Å². The van der Waals surface area contributed by atoms with Crippen LogP contribution in [0.1, 0.15) is 28.2 Å². The summed E-state index contributed by atoms with van der Waals surface area (Å²) in [5, 5.41) is 10.7. The van der Waals surface area contributed by atoms with Crippen LogP contribution in [0.15, 0.2) is 40.2 Å². The van der Waals surface area contributed by atoms with Crippen LogP contribution in [0.4, 0.5) is 0 Å². The molecule has 1 N–H and O–H groups in total. The first-order chi connectivity index (χ1) is 11.9. The molecule has 0 unspecified atom stereocenters. The number of benzene rings is 1. The average molecular weight is 353 g/mol. The van der Waals surface area contributed by atoms with Gasteiger partial charge in [0, 0.05) is 22.6 Å². The number of aromatic nitrogens is 4. The molecule has 0 aliphatic rings. The van der Waals surface area contributed by atoms with Gasteiger partial charge in [0.2, 0.25) is 4.77 Å². The summed E-state index contributed by atoms with van der Waals surface area (Å²) in [6.07, 6.45) is 1.65. The highest BCUT2D eigenvalue weighted by Gasteiger charge is 2.09. The Morgan fingerprint density at radius 3 is 2.52 bits per heavy atom. The SMILES string of the molecule is Cc1ccc(-n2c(C)cc(/C=N/n3c(=S)[nH]nc(C)c3=O)c2C)cc1. The van der Waals surface area contributed by atoms with Crippen molar-refractivity contribution in [3.05, 3.63) is 73.7 Å². The summed E-state index contributed by atoms with van der Waals surface area (Å²) >= 11 is 5.09. The molecule has 0 spiro atoms. The first-order valence-electron chi connectivity index (χ1n) is 7.87. The molecule has 128 valence electrons. The molecule has 0 fully saturated rings. The number of aryl methyl sites for hydroxylation is 3. The van der Waals surface area contributed by atoms with Gasteiger partial charge in [-0.3, -0.25) is 9.89 Å². The van der Waals surface area contributed by atoms with E-state index in [1.54, 1.807) is 13.1 Å². The molecule has 0 saturated heterocycles. The Bertz CT molecular complexity index is 1070. The standard InChI is InChI=1S/C18H19N5OS/c1-11-5-7-16(8-6-11)22-12(2)9-15(14(22)4)10-19-23-17(24)13(3)20-21-18(23)25/h5-10H,1-4H3,(H,21,25)/b19-10+. The summed E-state index contributed by atoms with van der Waals surface area (Å²) in [6, 6.07) is 10.4. The highest BCUT2D eigenvalue weighted by molar-refractivity contribution is 7.71. The maximum Gasteiger partial charge on any atom is 0.296 e. The molecule has 0 saturated carbocycles. The van der Waals surface area contributed by atoms with Crippen molar-refractivity contribution in [2.45, 2.75) is 27.7 Å². The van der Waals surface area contributed by atoms with Crippen LogP contribution in [-0.2, 0) is 0 Å². The van der Waals surface area contributed by atoms with Gasteiger partial charge in [0.05, 0.1) is 6.21 Å². The molecular weight excluding hydrogens is 334 g/mol. The first kappa shape index (κ1) is 17.0. The van der Waals surface area contributed by atoms with Crippen LogP contribution in [0.3, 0.4) is 0 Å². The van der Waals surface area contributed by atoms with Crippen LogP contribution in [0.25, 0.3) is 5.69 Å². The molecule has 3 aromatic rings. The van der Waals surface area contributed by atoms with E-state index < -0.39 is 0 Å². The van der Waals surface area contributed by atoms with Crippen molar-refractivity contribution < 1.29 is 0 Å². The van der Waals surface area contributed by atoms with Crippen LogP contribution in [0.5, 0.6) is 0 Å². The fraction of sp³-hybridized carbons (Fsp3) is 0.222. The molecule has 7 heteroatoms. The van der Waals surface area contributed by atoms with Crippen molar-refractivity contribution in [2.75, 3.05) is 0 Å². The summed E-state index contributed by atoms with van der Waals surface area (Å²) < 4.78 is 3.47. The fourth-order valence-electron chi connectivity index (χ4n) is 2.71. The lowest BCUT2D eigenvalue weighted by Gasteiger charge is -2.09. The number of nitrogens with one attached hydrogen (secondary N) is 1. The van der Waals surface area contributed by atoms with Gasteiger partial charge in [-0.2, -0.15) is 14.9 Å². The molecule has 6 nitrogen and oxygen atoms in total. The largest absolute Gasteiger partial charge is 0.318 e. The Morgan fingerprint density at radius 2 is 1.84 bits per heavy atom. The normalized spacial score (nSPS) is 11.4. The van der Waals surface area contributed by atoms with E-state index in [-0.39, 0.29) is 10.3 Å². The van der Waals surface area contributed by atoms with Crippen LogP contribution in [0.2, 0.25) is 0 Å². The third kappa shape index (κ3) is 3.23. The van der Waals surface area contributed by atoms with E-state index in [0.717, 1.165) is 27.3 Å². The number of nitrogens with zero attached hydrogens (tertiary/aromatic N) is 4. The van der Waals surface area contributed by atoms with E-state index >= 15 is 0 Å². The Balaban J connectivity index is 2.05. The van der Waals surface area contributed by atoms with Crippen LogP contribution < -0.4 is 5.56 Å². The van der Waals surface area contributed by atoms with Gasteiger partial charge in [-0.1, -0.05) is 17.7 Å². The second-order valence-corrected chi connectivity index (χ2v) is 6.36. The zero-order valence-corrected chi connectivity index (χ0v) is 15.4. The summed E-state index contributed by atoms with van der Waals surface area (Å²) in [5.74, 6) is 0. The monoisotopic (exact) mass is 353 g/mol. The van der Waals surface area contributed by atoms with Gasteiger partial charge in [-0.05, 0) is 58.1 Å². The summed E-state index contributed by atoms with van der Waals surface area (Å²) in [5.41, 5.74) is 5.35. The summed E-state index contributed by atoms with van der Waals surface area (Å²) in [6.45, 7) is 7.74. The van der Waals surface area contributed by atoms with Crippen LogP contribution >= 0.6 is 12.2 Å². The lowest BCUT2D eigenvalue weighted by molar-refractivity contribution is 0.720. The molecule has 0 aliphatic heterocycles. The quantitative estimate of drug-likeness (QED) is 0.581. The second kappa shape index (κ2) is 6.60. The third-order valence-electron chi connectivity index (χ3n) is 4.09. The number of aromatic amines is 1. The van der Waals surface area contributed by atoms with Crippen molar-refractivity contribution in [1.29, 1.82) is 0 Å². The van der Waals surface area contributed by atoms with Gasteiger partial charge in [-0.25, -0.2) is 0 Å².